The van der Waals surface area contributed by atoms with Crippen LogP contribution in [0.3, 0.4) is 0 Å². The predicted molar refractivity (Wildman–Crippen MR) is 105 cm³/mol. The minimum absolute atomic E-state index is 0.0217. The molecule has 2 aromatic heterocycles. The molecule has 26 heavy (non-hydrogen) atoms. The highest BCUT2D eigenvalue weighted by molar-refractivity contribution is 7.18. The minimum Gasteiger partial charge on any atom is -0.348 e. The predicted octanol–water partition coefficient (Wildman–Crippen LogP) is 3.68. The normalized spacial score (nSPS) is 12.2. The molecule has 0 aliphatic rings. The van der Waals surface area contributed by atoms with Crippen LogP contribution >= 0.6 is 11.3 Å². The molecule has 1 atom stereocenters. The Balaban J connectivity index is 1.77. The Morgan fingerprint density at radius 3 is 2.73 bits per heavy atom. The Kier molecular flexibility index (Phi) is 5.83. The first-order valence-electron chi connectivity index (χ1n) is 8.94. The van der Waals surface area contributed by atoms with Gasteiger partial charge in [-0.25, -0.2) is 4.98 Å². The zero-order chi connectivity index (χ0) is 18.5. The third-order valence-electron chi connectivity index (χ3n) is 4.35. The van der Waals surface area contributed by atoms with Gasteiger partial charge < -0.3 is 5.32 Å². The number of fused-ring (bicyclic) bond motifs is 1. The maximum absolute atomic E-state index is 12.6. The van der Waals surface area contributed by atoms with Gasteiger partial charge in [0.25, 0.3) is 5.56 Å². The van der Waals surface area contributed by atoms with Crippen LogP contribution in [-0.4, -0.2) is 15.5 Å². The second-order valence-corrected chi connectivity index (χ2v) is 7.40. The fourth-order valence-corrected chi connectivity index (χ4v) is 3.91. The van der Waals surface area contributed by atoms with Gasteiger partial charge in [-0.1, -0.05) is 50.6 Å². The molecule has 3 rings (SSSR count). The lowest BCUT2D eigenvalue weighted by atomic mass is 10.0. The average molecular weight is 369 g/mol. The first kappa shape index (κ1) is 18.3. The fourth-order valence-electron chi connectivity index (χ4n) is 2.99. The Bertz CT molecular complexity index is 947. The van der Waals surface area contributed by atoms with Gasteiger partial charge in [-0.2, -0.15) is 0 Å². The summed E-state index contributed by atoms with van der Waals surface area (Å²) in [5, 5.41) is 3.64. The highest BCUT2D eigenvalue weighted by Gasteiger charge is 2.15. The van der Waals surface area contributed by atoms with Crippen molar-refractivity contribution < 1.29 is 4.79 Å². The zero-order valence-corrected chi connectivity index (χ0v) is 15.9. The first-order chi connectivity index (χ1) is 12.6. The number of rotatable bonds is 7. The van der Waals surface area contributed by atoms with Gasteiger partial charge in [0.15, 0.2) is 0 Å². The van der Waals surface area contributed by atoms with Gasteiger partial charge >= 0.3 is 0 Å². The molecule has 0 aliphatic heterocycles. The molecule has 0 aliphatic carbocycles. The molecule has 0 saturated heterocycles. The van der Waals surface area contributed by atoms with Crippen molar-refractivity contribution in [2.45, 2.75) is 45.7 Å². The number of hydrogen-bond acceptors (Lipinski definition) is 4. The molecule has 3 aromatic rings. The van der Waals surface area contributed by atoms with Gasteiger partial charge in [-0.15, -0.1) is 11.3 Å². The molecule has 5 nitrogen and oxygen atoms in total. The molecule has 0 spiro atoms. The van der Waals surface area contributed by atoms with Crippen LogP contribution in [0.2, 0.25) is 0 Å². The molecule has 6 heteroatoms. The molecule has 1 aromatic carbocycles. The summed E-state index contributed by atoms with van der Waals surface area (Å²) in [7, 11) is 0. The molecule has 0 radical (unpaired) electrons. The van der Waals surface area contributed by atoms with Crippen LogP contribution in [0.15, 0.2) is 47.5 Å². The van der Waals surface area contributed by atoms with Crippen LogP contribution in [0.4, 0.5) is 0 Å². The molecule has 2 heterocycles. The number of aryl methyl sites for hydroxylation is 1. The SMILES string of the molecule is CCCC(NC(=O)Cn1cnc2sc(CC)cc2c1=O)c1ccccc1. The molecule has 0 fully saturated rings. The number of amides is 1. The number of nitrogens with zero attached hydrogens (tertiary/aromatic N) is 2. The van der Waals surface area contributed by atoms with Crippen molar-refractivity contribution in [1.29, 1.82) is 0 Å². The summed E-state index contributed by atoms with van der Waals surface area (Å²) >= 11 is 1.53. The fraction of sp³-hybridized carbons (Fsp3) is 0.350. The molecular formula is C20H23N3O2S. The van der Waals surface area contributed by atoms with Crippen LogP contribution < -0.4 is 10.9 Å². The van der Waals surface area contributed by atoms with E-state index in [2.05, 4.69) is 17.2 Å². The number of hydrogen-bond donors (Lipinski definition) is 1. The second kappa shape index (κ2) is 8.27. The van der Waals surface area contributed by atoms with Crippen molar-refractivity contribution in [2.24, 2.45) is 0 Å². The zero-order valence-electron chi connectivity index (χ0n) is 15.1. The Labute approximate surface area is 156 Å². The first-order valence-corrected chi connectivity index (χ1v) is 9.76. The van der Waals surface area contributed by atoms with E-state index in [0.717, 1.165) is 34.5 Å². The number of carbonyl (C=O) groups excluding carboxylic acids is 1. The quantitative estimate of drug-likeness (QED) is 0.691. The summed E-state index contributed by atoms with van der Waals surface area (Å²) in [6.45, 7) is 4.12. The monoisotopic (exact) mass is 369 g/mol. The van der Waals surface area contributed by atoms with Crippen molar-refractivity contribution in [3.63, 3.8) is 0 Å². The lowest BCUT2D eigenvalue weighted by Crippen LogP contribution is -2.34. The topological polar surface area (TPSA) is 64.0 Å². The van der Waals surface area contributed by atoms with Gasteiger partial charge in [0.05, 0.1) is 17.8 Å². The van der Waals surface area contributed by atoms with E-state index in [4.69, 9.17) is 0 Å². The highest BCUT2D eigenvalue weighted by Crippen LogP contribution is 2.21. The number of benzene rings is 1. The number of aromatic nitrogens is 2. The van der Waals surface area contributed by atoms with Crippen LogP contribution in [-0.2, 0) is 17.8 Å². The summed E-state index contributed by atoms with van der Waals surface area (Å²) in [6.07, 6.45) is 4.16. The van der Waals surface area contributed by atoms with Crippen molar-refractivity contribution in [2.75, 3.05) is 0 Å². The molecule has 1 unspecified atom stereocenters. The van der Waals surface area contributed by atoms with Crippen LogP contribution in [0.1, 0.15) is 43.2 Å². The van der Waals surface area contributed by atoms with E-state index >= 15 is 0 Å². The van der Waals surface area contributed by atoms with E-state index in [1.807, 2.05) is 43.3 Å². The molecule has 0 bridgehead atoms. The van der Waals surface area contributed by atoms with Crippen LogP contribution in [0.5, 0.6) is 0 Å². The minimum atomic E-state index is -0.179. The molecular weight excluding hydrogens is 346 g/mol. The Morgan fingerprint density at radius 1 is 1.27 bits per heavy atom. The summed E-state index contributed by atoms with van der Waals surface area (Å²) in [4.78, 5) is 31.3. The van der Waals surface area contributed by atoms with Crippen molar-refractivity contribution in [3.05, 3.63) is 63.5 Å². The largest absolute Gasteiger partial charge is 0.348 e. The van der Waals surface area contributed by atoms with E-state index in [9.17, 15) is 9.59 Å². The van der Waals surface area contributed by atoms with Crippen molar-refractivity contribution in [1.82, 2.24) is 14.9 Å². The molecule has 1 amide bonds. The summed E-state index contributed by atoms with van der Waals surface area (Å²) in [5.74, 6) is -0.179. The van der Waals surface area contributed by atoms with Crippen LogP contribution in [0.25, 0.3) is 10.2 Å². The number of thiophene rings is 1. The van der Waals surface area contributed by atoms with Gasteiger partial charge in [-0.05, 0) is 24.5 Å². The number of carbonyl (C=O) groups is 1. The van der Waals surface area contributed by atoms with Crippen molar-refractivity contribution >= 4 is 27.5 Å². The van der Waals surface area contributed by atoms with E-state index < -0.39 is 0 Å². The average Bonchev–Trinajstić information content (AvgIpc) is 3.09. The van der Waals surface area contributed by atoms with E-state index in [-0.39, 0.29) is 24.1 Å². The van der Waals surface area contributed by atoms with Gasteiger partial charge in [0.2, 0.25) is 5.91 Å². The summed E-state index contributed by atoms with van der Waals surface area (Å²) in [6, 6.07) is 11.8. The van der Waals surface area contributed by atoms with Gasteiger partial charge in [0.1, 0.15) is 11.4 Å². The Morgan fingerprint density at radius 2 is 2.04 bits per heavy atom. The molecule has 1 N–H and O–H groups in total. The standard InChI is InChI=1S/C20H23N3O2S/c1-3-8-17(14-9-6-5-7-10-14)22-18(24)12-23-13-21-19-16(20(23)25)11-15(4-2)26-19/h5-7,9-11,13,17H,3-4,8,12H2,1-2H3,(H,22,24). The third kappa shape index (κ3) is 4.02. The Hall–Kier alpha value is -2.47. The maximum atomic E-state index is 12.6. The van der Waals surface area contributed by atoms with E-state index in [1.54, 1.807) is 0 Å². The third-order valence-corrected chi connectivity index (χ3v) is 5.53. The van der Waals surface area contributed by atoms with E-state index in [1.165, 1.54) is 22.2 Å². The molecule has 0 saturated carbocycles. The second-order valence-electron chi connectivity index (χ2n) is 6.28. The highest BCUT2D eigenvalue weighted by atomic mass is 32.1. The smallest absolute Gasteiger partial charge is 0.262 e. The van der Waals surface area contributed by atoms with Gasteiger partial charge in [-0.3, -0.25) is 14.2 Å². The maximum Gasteiger partial charge on any atom is 0.262 e. The summed E-state index contributed by atoms with van der Waals surface area (Å²) in [5.41, 5.74) is 0.918. The number of nitrogens with one attached hydrogen (secondary N) is 1. The molecule has 136 valence electrons. The lowest BCUT2D eigenvalue weighted by molar-refractivity contribution is -0.122. The van der Waals surface area contributed by atoms with Crippen molar-refractivity contribution in [3.8, 4) is 0 Å². The van der Waals surface area contributed by atoms with Gasteiger partial charge in [0, 0.05) is 4.88 Å². The summed E-state index contributed by atoms with van der Waals surface area (Å²) < 4.78 is 1.39. The van der Waals surface area contributed by atoms with E-state index in [0.29, 0.717) is 5.39 Å². The lowest BCUT2D eigenvalue weighted by Gasteiger charge is -2.19. The van der Waals surface area contributed by atoms with Crippen LogP contribution in [0, 0.1) is 0 Å².